The van der Waals surface area contributed by atoms with Gasteiger partial charge in [0.05, 0.1) is 5.75 Å². The van der Waals surface area contributed by atoms with Crippen LogP contribution in [0.2, 0.25) is 0 Å². The van der Waals surface area contributed by atoms with Gasteiger partial charge in [0.25, 0.3) is 5.22 Å². The van der Waals surface area contributed by atoms with Crippen LogP contribution in [-0.2, 0) is 12.8 Å². The third kappa shape index (κ3) is 3.59. The number of rotatable bonds is 7. The SMILES string of the molecule is CCN(CC)c1ccc(-c2nnc(SCc3ncnn3C)o2)cc1. The molecule has 2 heterocycles. The minimum absolute atomic E-state index is 0.529. The second-order valence-corrected chi connectivity index (χ2v) is 6.11. The number of anilines is 1. The van der Waals surface area contributed by atoms with Crippen molar-refractivity contribution in [3.8, 4) is 11.5 Å². The van der Waals surface area contributed by atoms with Gasteiger partial charge in [-0.1, -0.05) is 11.8 Å². The Morgan fingerprint density at radius 2 is 1.88 bits per heavy atom. The van der Waals surface area contributed by atoms with Crippen molar-refractivity contribution in [3.63, 3.8) is 0 Å². The lowest BCUT2D eigenvalue weighted by atomic mass is 10.2. The zero-order valence-corrected chi connectivity index (χ0v) is 14.8. The number of hydrogen-bond donors (Lipinski definition) is 0. The van der Waals surface area contributed by atoms with Crippen molar-refractivity contribution in [2.45, 2.75) is 24.8 Å². The van der Waals surface area contributed by atoms with Crippen molar-refractivity contribution in [2.24, 2.45) is 7.05 Å². The van der Waals surface area contributed by atoms with Gasteiger partial charge in [-0.05, 0) is 38.1 Å². The molecule has 126 valence electrons. The van der Waals surface area contributed by atoms with Crippen molar-refractivity contribution in [1.29, 1.82) is 0 Å². The Balaban J connectivity index is 1.67. The Morgan fingerprint density at radius 1 is 1.12 bits per heavy atom. The quantitative estimate of drug-likeness (QED) is 0.610. The first kappa shape index (κ1) is 16.5. The zero-order valence-electron chi connectivity index (χ0n) is 14.0. The highest BCUT2D eigenvalue weighted by atomic mass is 32.2. The molecule has 0 bridgehead atoms. The number of aromatic nitrogens is 5. The Morgan fingerprint density at radius 3 is 2.50 bits per heavy atom. The Kier molecular flexibility index (Phi) is 5.14. The largest absolute Gasteiger partial charge is 0.411 e. The Labute approximate surface area is 145 Å². The molecular weight excluding hydrogens is 324 g/mol. The number of thioether (sulfide) groups is 1. The molecule has 0 atom stereocenters. The van der Waals surface area contributed by atoms with Crippen LogP contribution in [0.1, 0.15) is 19.7 Å². The molecular formula is C16H20N6OS. The van der Waals surface area contributed by atoms with Gasteiger partial charge in [0.15, 0.2) is 0 Å². The van der Waals surface area contributed by atoms with E-state index >= 15 is 0 Å². The van der Waals surface area contributed by atoms with Crippen LogP contribution in [-0.4, -0.2) is 38.1 Å². The van der Waals surface area contributed by atoms with Gasteiger partial charge in [0, 0.05) is 31.4 Å². The van der Waals surface area contributed by atoms with E-state index in [1.54, 1.807) is 4.68 Å². The molecule has 0 spiro atoms. The normalized spacial score (nSPS) is 11.0. The highest BCUT2D eigenvalue weighted by Crippen LogP contribution is 2.26. The van der Waals surface area contributed by atoms with Crippen LogP contribution in [0, 0.1) is 0 Å². The average Bonchev–Trinajstić information content (AvgIpc) is 3.24. The maximum atomic E-state index is 5.73. The van der Waals surface area contributed by atoms with Crippen LogP contribution >= 0.6 is 11.8 Å². The van der Waals surface area contributed by atoms with E-state index in [0.717, 1.165) is 24.5 Å². The lowest BCUT2D eigenvalue weighted by molar-refractivity contribution is 0.465. The Bertz CT molecular complexity index is 778. The molecule has 8 heteroatoms. The van der Waals surface area contributed by atoms with Gasteiger partial charge in [0.2, 0.25) is 5.89 Å². The number of aryl methyl sites for hydroxylation is 1. The molecule has 0 aliphatic rings. The van der Waals surface area contributed by atoms with E-state index in [1.807, 2.05) is 19.2 Å². The lowest BCUT2D eigenvalue weighted by Gasteiger charge is -2.20. The summed E-state index contributed by atoms with van der Waals surface area (Å²) in [6.07, 6.45) is 1.53. The summed E-state index contributed by atoms with van der Waals surface area (Å²) in [4.78, 5) is 6.47. The van der Waals surface area contributed by atoms with Crippen LogP contribution in [0.5, 0.6) is 0 Å². The van der Waals surface area contributed by atoms with Crippen LogP contribution < -0.4 is 4.90 Å². The van der Waals surface area contributed by atoms with Gasteiger partial charge >= 0.3 is 0 Å². The predicted octanol–water partition coefficient (Wildman–Crippen LogP) is 3.00. The van der Waals surface area contributed by atoms with Crippen LogP contribution in [0.25, 0.3) is 11.5 Å². The summed E-state index contributed by atoms with van der Waals surface area (Å²) < 4.78 is 7.46. The molecule has 0 saturated heterocycles. The minimum Gasteiger partial charge on any atom is -0.411 e. The van der Waals surface area contributed by atoms with Crippen molar-refractivity contribution in [2.75, 3.05) is 18.0 Å². The standard InChI is InChI=1S/C16H20N6OS/c1-4-22(5-2)13-8-6-12(7-9-13)15-19-20-16(23-15)24-10-14-17-11-18-21(14)3/h6-9,11H,4-5,10H2,1-3H3. The minimum atomic E-state index is 0.529. The molecule has 0 amide bonds. The van der Waals surface area contributed by atoms with E-state index in [1.165, 1.54) is 23.8 Å². The molecule has 0 aliphatic carbocycles. The van der Waals surface area contributed by atoms with E-state index in [-0.39, 0.29) is 0 Å². The first-order valence-corrected chi connectivity index (χ1v) is 8.84. The number of benzene rings is 1. The zero-order chi connectivity index (χ0) is 16.9. The summed E-state index contributed by atoms with van der Waals surface area (Å²) in [6, 6.07) is 8.19. The predicted molar refractivity (Wildman–Crippen MR) is 93.9 cm³/mol. The first-order chi connectivity index (χ1) is 11.7. The molecule has 3 rings (SSSR count). The molecule has 0 saturated carbocycles. The molecule has 2 aromatic heterocycles. The van der Waals surface area contributed by atoms with Crippen molar-refractivity contribution in [1.82, 2.24) is 25.0 Å². The van der Waals surface area contributed by atoms with Gasteiger partial charge in [-0.25, -0.2) is 4.98 Å². The summed E-state index contributed by atoms with van der Waals surface area (Å²) >= 11 is 1.45. The smallest absolute Gasteiger partial charge is 0.277 e. The molecule has 7 nitrogen and oxygen atoms in total. The van der Waals surface area contributed by atoms with Gasteiger partial charge in [-0.2, -0.15) is 5.10 Å². The second kappa shape index (κ2) is 7.48. The monoisotopic (exact) mass is 344 g/mol. The van der Waals surface area contributed by atoms with Crippen molar-refractivity contribution in [3.05, 3.63) is 36.4 Å². The highest BCUT2D eigenvalue weighted by molar-refractivity contribution is 7.98. The molecule has 0 unspecified atom stereocenters. The fraction of sp³-hybridized carbons (Fsp3) is 0.375. The van der Waals surface area contributed by atoms with E-state index in [4.69, 9.17) is 4.42 Å². The van der Waals surface area contributed by atoms with Gasteiger partial charge < -0.3 is 9.32 Å². The van der Waals surface area contributed by atoms with E-state index < -0.39 is 0 Å². The molecule has 0 aliphatic heterocycles. The third-order valence-electron chi connectivity index (χ3n) is 3.78. The average molecular weight is 344 g/mol. The highest BCUT2D eigenvalue weighted by Gasteiger charge is 2.11. The lowest BCUT2D eigenvalue weighted by Crippen LogP contribution is -2.21. The van der Waals surface area contributed by atoms with Crippen LogP contribution in [0.4, 0.5) is 5.69 Å². The molecule has 0 radical (unpaired) electrons. The maximum Gasteiger partial charge on any atom is 0.277 e. The van der Waals surface area contributed by atoms with Crippen molar-refractivity contribution >= 4 is 17.4 Å². The van der Waals surface area contributed by atoms with E-state index in [9.17, 15) is 0 Å². The third-order valence-corrected chi connectivity index (χ3v) is 4.59. The summed E-state index contributed by atoms with van der Waals surface area (Å²) in [7, 11) is 1.86. The van der Waals surface area contributed by atoms with Gasteiger partial charge in [0.1, 0.15) is 12.2 Å². The van der Waals surface area contributed by atoms with Crippen molar-refractivity contribution < 1.29 is 4.42 Å². The Hall–Kier alpha value is -2.35. The van der Waals surface area contributed by atoms with Gasteiger partial charge in [-0.15, -0.1) is 10.2 Å². The van der Waals surface area contributed by atoms with Crippen LogP contribution in [0.3, 0.4) is 0 Å². The number of nitrogens with zero attached hydrogens (tertiary/aromatic N) is 6. The summed E-state index contributed by atoms with van der Waals surface area (Å²) in [5, 5.41) is 12.8. The second-order valence-electron chi connectivity index (χ2n) is 5.18. The summed E-state index contributed by atoms with van der Waals surface area (Å²) in [5.74, 6) is 2.03. The topological polar surface area (TPSA) is 72.9 Å². The van der Waals surface area contributed by atoms with Gasteiger partial charge in [-0.3, -0.25) is 4.68 Å². The maximum absolute atomic E-state index is 5.73. The molecule has 0 fully saturated rings. The van der Waals surface area contributed by atoms with E-state index in [2.05, 4.69) is 51.2 Å². The first-order valence-electron chi connectivity index (χ1n) is 7.85. The summed E-state index contributed by atoms with van der Waals surface area (Å²) in [5.41, 5.74) is 2.11. The molecule has 24 heavy (non-hydrogen) atoms. The molecule has 0 N–H and O–H groups in total. The van der Waals surface area contributed by atoms with E-state index in [0.29, 0.717) is 16.9 Å². The fourth-order valence-electron chi connectivity index (χ4n) is 2.37. The van der Waals surface area contributed by atoms with Crippen LogP contribution in [0.15, 0.2) is 40.2 Å². The molecule has 1 aromatic carbocycles. The fourth-order valence-corrected chi connectivity index (χ4v) is 3.12. The number of hydrogen-bond acceptors (Lipinski definition) is 7. The molecule has 3 aromatic rings. The summed E-state index contributed by atoms with van der Waals surface area (Å²) in [6.45, 7) is 6.27.